The van der Waals surface area contributed by atoms with Gasteiger partial charge in [0.2, 0.25) is 0 Å². The van der Waals surface area contributed by atoms with Crippen molar-refractivity contribution in [1.29, 1.82) is 0 Å². The molecule has 0 bridgehead atoms. The van der Waals surface area contributed by atoms with Gasteiger partial charge in [-0.15, -0.1) is 11.3 Å². The molecule has 0 fully saturated rings. The third-order valence-electron chi connectivity index (χ3n) is 4.38. The van der Waals surface area contributed by atoms with Crippen molar-refractivity contribution in [3.05, 3.63) is 71.1 Å². The molecule has 164 valence electrons. The van der Waals surface area contributed by atoms with Gasteiger partial charge in [0.25, 0.3) is 10.0 Å². The van der Waals surface area contributed by atoms with Gasteiger partial charge in [-0.3, -0.25) is 4.31 Å². The highest BCUT2D eigenvalue weighted by Gasteiger charge is 2.24. The number of nitrogens with zero attached hydrogens (tertiary/aromatic N) is 1. The van der Waals surface area contributed by atoms with Crippen LogP contribution in [0, 0.1) is 6.92 Å². The van der Waals surface area contributed by atoms with E-state index in [0.717, 1.165) is 15.6 Å². The number of ether oxygens (including phenoxy) is 1. The smallest absolute Gasteiger partial charge is 0.339 e. The fourth-order valence-electron chi connectivity index (χ4n) is 2.74. The van der Waals surface area contributed by atoms with Gasteiger partial charge in [0.05, 0.1) is 18.4 Å². The van der Waals surface area contributed by atoms with Crippen molar-refractivity contribution in [3.63, 3.8) is 0 Å². The minimum Gasteiger partial charge on any atom is -0.465 e. The second-order valence-corrected chi connectivity index (χ2v) is 11.1. The molecular weight excluding hydrogens is 462 g/mol. The zero-order valence-electron chi connectivity index (χ0n) is 16.8. The first-order valence-corrected chi connectivity index (χ1v) is 12.5. The lowest BCUT2D eigenvalue weighted by molar-refractivity contribution is 0.0600. The Bertz CT molecular complexity index is 1300. The van der Waals surface area contributed by atoms with Crippen LogP contribution in [-0.4, -0.2) is 37.0 Å². The van der Waals surface area contributed by atoms with Crippen molar-refractivity contribution in [2.45, 2.75) is 16.0 Å². The Labute approximate surface area is 184 Å². The molecule has 0 atom stereocenters. The maximum Gasteiger partial charge on any atom is 0.339 e. The highest BCUT2D eigenvalue weighted by Crippen LogP contribution is 2.28. The quantitative estimate of drug-likeness (QED) is 0.376. The molecule has 0 spiro atoms. The van der Waals surface area contributed by atoms with Crippen LogP contribution in [0.25, 0.3) is 0 Å². The maximum atomic E-state index is 12.7. The highest BCUT2D eigenvalue weighted by atomic mass is 32.2. The minimum atomic E-state index is -4.17. The number of carbonyl (C=O) groups is 1. The van der Waals surface area contributed by atoms with E-state index in [1.165, 1.54) is 69.6 Å². The van der Waals surface area contributed by atoms with Gasteiger partial charge < -0.3 is 8.92 Å². The largest absolute Gasteiger partial charge is 0.465 e. The third kappa shape index (κ3) is 4.73. The molecular formula is C20H19NO7S3. The molecule has 0 radical (unpaired) electrons. The van der Waals surface area contributed by atoms with E-state index in [9.17, 15) is 21.6 Å². The number of aryl methyl sites for hydroxylation is 1. The summed E-state index contributed by atoms with van der Waals surface area (Å²) in [7, 11) is -5.23. The molecule has 0 aliphatic heterocycles. The molecule has 0 N–H and O–H groups in total. The summed E-state index contributed by atoms with van der Waals surface area (Å²) in [6, 6.07) is 12.8. The average molecular weight is 482 g/mol. The Balaban J connectivity index is 1.81. The van der Waals surface area contributed by atoms with Crippen LogP contribution >= 0.6 is 11.3 Å². The van der Waals surface area contributed by atoms with E-state index in [1.54, 1.807) is 11.4 Å². The van der Waals surface area contributed by atoms with Crippen molar-refractivity contribution >= 4 is 43.1 Å². The van der Waals surface area contributed by atoms with E-state index in [-0.39, 0.29) is 20.4 Å². The molecule has 31 heavy (non-hydrogen) atoms. The lowest BCUT2D eigenvalue weighted by atomic mass is 10.1. The average Bonchev–Trinajstić information content (AvgIpc) is 3.28. The van der Waals surface area contributed by atoms with Crippen LogP contribution in [0.15, 0.2) is 69.1 Å². The molecule has 0 aliphatic carbocycles. The summed E-state index contributed by atoms with van der Waals surface area (Å²) in [6.45, 7) is 1.54. The predicted octanol–water partition coefficient (Wildman–Crippen LogP) is 3.44. The standard InChI is InChI=1S/C20H19NO7S3/c1-14-13-15(20(22)27-3)6-11-18(14)31(25,26)28-17-9-7-16(8-10-17)21(2)30(23,24)19-5-4-12-29-19/h4-13H,1-3H3. The Kier molecular flexibility index (Phi) is 6.39. The number of hydrogen-bond acceptors (Lipinski definition) is 8. The third-order valence-corrected chi connectivity index (χ3v) is 8.95. The fraction of sp³-hybridized carbons (Fsp3) is 0.150. The summed E-state index contributed by atoms with van der Waals surface area (Å²) in [5.74, 6) is -0.563. The zero-order chi connectivity index (χ0) is 22.8. The number of carbonyl (C=O) groups excluding carboxylic acids is 1. The second-order valence-electron chi connectivity index (χ2n) is 6.41. The molecule has 1 heterocycles. The first-order chi connectivity index (χ1) is 14.6. The highest BCUT2D eigenvalue weighted by molar-refractivity contribution is 7.94. The molecule has 2 aromatic carbocycles. The zero-order valence-corrected chi connectivity index (χ0v) is 19.3. The topological polar surface area (TPSA) is 107 Å². The summed E-state index contributed by atoms with van der Waals surface area (Å²) >= 11 is 1.10. The van der Waals surface area contributed by atoms with E-state index in [1.807, 2.05) is 0 Å². The van der Waals surface area contributed by atoms with Crippen molar-refractivity contribution in [2.75, 3.05) is 18.5 Å². The van der Waals surface area contributed by atoms with Crippen LogP contribution in [0.4, 0.5) is 5.69 Å². The summed E-state index contributed by atoms with van der Waals surface area (Å²) < 4.78 is 61.6. The number of anilines is 1. The van der Waals surface area contributed by atoms with Crippen LogP contribution in [0.3, 0.4) is 0 Å². The number of benzene rings is 2. The van der Waals surface area contributed by atoms with Crippen LogP contribution in [0.5, 0.6) is 5.75 Å². The van der Waals surface area contributed by atoms with Crippen LogP contribution in [-0.2, 0) is 24.9 Å². The second kappa shape index (κ2) is 8.69. The summed E-state index contributed by atoms with van der Waals surface area (Å²) in [4.78, 5) is 11.5. The Morgan fingerprint density at radius 1 is 1.00 bits per heavy atom. The van der Waals surface area contributed by atoms with Crippen LogP contribution < -0.4 is 8.49 Å². The Morgan fingerprint density at radius 2 is 1.68 bits per heavy atom. The van der Waals surface area contributed by atoms with E-state index in [4.69, 9.17) is 4.18 Å². The van der Waals surface area contributed by atoms with E-state index in [2.05, 4.69) is 4.74 Å². The van der Waals surface area contributed by atoms with Crippen LogP contribution in [0.1, 0.15) is 15.9 Å². The molecule has 0 unspecified atom stereocenters. The molecule has 0 saturated carbocycles. The molecule has 1 aromatic heterocycles. The first kappa shape index (κ1) is 22.8. The van der Waals surface area contributed by atoms with Gasteiger partial charge in [0.1, 0.15) is 14.9 Å². The molecule has 11 heteroatoms. The van der Waals surface area contributed by atoms with E-state index >= 15 is 0 Å². The lowest BCUT2D eigenvalue weighted by Crippen LogP contribution is -2.25. The van der Waals surface area contributed by atoms with Gasteiger partial charge in [-0.2, -0.15) is 8.42 Å². The summed E-state index contributed by atoms with van der Waals surface area (Å²) in [6.07, 6.45) is 0. The van der Waals surface area contributed by atoms with Gasteiger partial charge >= 0.3 is 16.1 Å². The van der Waals surface area contributed by atoms with Crippen molar-refractivity contribution < 1.29 is 30.6 Å². The molecule has 8 nitrogen and oxygen atoms in total. The number of thiophene rings is 1. The van der Waals surface area contributed by atoms with E-state index in [0.29, 0.717) is 11.3 Å². The number of hydrogen-bond donors (Lipinski definition) is 0. The Morgan fingerprint density at radius 3 is 2.23 bits per heavy atom. The van der Waals surface area contributed by atoms with Gasteiger partial charge in [-0.1, -0.05) is 6.07 Å². The van der Waals surface area contributed by atoms with Gasteiger partial charge in [0.15, 0.2) is 0 Å². The minimum absolute atomic E-state index is 0.0158. The van der Waals surface area contributed by atoms with Gasteiger partial charge in [0, 0.05) is 7.05 Å². The molecule has 0 aliphatic rings. The molecule has 0 saturated heterocycles. The van der Waals surface area contributed by atoms with Crippen LogP contribution in [0.2, 0.25) is 0 Å². The van der Waals surface area contributed by atoms with Crippen molar-refractivity contribution in [3.8, 4) is 5.75 Å². The molecule has 3 aromatic rings. The number of methoxy groups -OCH3 is 1. The van der Waals surface area contributed by atoms with Gasteiger partial charge in [-0.25, -0.2) is 13.2 Å². The predicted molar refractivity (Wildman–Crippen MR) is 117 cm³/mol. The first-order valence-electron chi connectivity index (χ1n) is 8.82. The fourth-order valence-corrected chi connectivity index (χ4v) is 6.24. The van der Waals surface area contributed by atoms with Crippen molar-refractivity contribution in [2.24, 2.45) is 0 Å². The summed E-state index contributed by atoms with van der Waals surface area (Å²) in [5, 5.41) is 1.67. The number of rotatable bonds is 7. The lowest BCUT2D eigenvalue weighted by Gasteiger charge is -2.18. The van der Waals surface area contributed by atoms with Gasteiger partial charge in [-0.05, 0) is 66.4 Å². The molecule has 3 rings (SSSR count). The summed E-state index contributed by atoms with van der Waals surface area (Å²) in [5.41, 5.74) is 0.886. The van der Waals surface area contributed by atoms with E-state index < -0.39 is 26.1 Å². The molecule has 0 amide bonds. The number of sulfonamides is 1. The number of esters is 1. The van der Waals surface area contributed by atoms with Crippen molar-refractivity contribution in [1.82, 2.24) is 0 Å². The Hall–Kier alpha value is -2.89. The normalized spacial score (nSPS) is 11.7. The maximum absolute atomic E-state index is 12.7. The monoisotopic (exact) mass is 481 g/mol. The SMILES string of the molecule is COC(=O)c1ccc(S(=O)(=O)Oc2ccc(N(C)S(=O)(=O)c3cccs3)cc2)c(C)c1.